The summed E-state index contributed by atoms with van der Waals surface area (Å²) in [6.45, 7) is 5.63. The first kappa shape index (κ1) is 45.8. The van der Waals surface area contributed by atoms with E-state index in [-0.39, 0.29) is 6.29 Å². The van der Waals surface area contributed by atoms with E-state index in [1.165, 1.54) is 128 Å². The Morgan fingerprint density at radius 1 is 0.447 bits per heavy atom. The smallest absolute Gasteiger partial charge is 0.163 e. The van der Waals surface area contributed by atoms with Crippen LogP contribution in [0.2, 0.25) is 0 Å². The number of hydrogen-bond acceptors (Lipinski definition) is 3. The summed E-state index contributed by atoms with van der Waals surface area (Å²) in [6.07, 6.45) is 51.1. The van der Waals surface area contributed by atoms with Crippen LogP contribution in [-0.2, 0) is 9.47 Å². The van der Waals surface area contributed by atoms with Gasteiger partial charge >= 0.3 is 0 Å². The summed E-state index contributed by atoms with van der Waals surface area (Å²) in [7, 11) is 7.78. The average molecular weight is 661 g/mol. The SMILES string of the molecule is CCCCC/C=C\C/C=C\CCCCCCCC1OC(CC[N+](C)(C)C)OC1CCCCCCC/C=C\C/C=C\CCCCC.CO. The molecular formula is C43H82NO3+. The molecule has 0 amide bonds. The molecule has 1 saturated heterocycles. The van der Waals surface area contributed by atoms with Crippen molar-refractivity contribution in [2.75, 3.05) is 34.8 Å². The standard InChI is InChI=1S/C42H78NO2.CH4O/c1-6-8-10-12-14-16-18-20-22-24-26-28-30-32-34-36-40-41(45-42(44-40)38-39-43(3,4)5)37-35-33-31-29-27-25-23-21-19-17-15-13-11-9-7-2;1-2/h14-17,20-23,40-42H,6-13,18-19,24-39H2,1-5H3;2H,1H3/q+1;/b16-14-,17-15-,22-20-,23-21-;. The van der Waals surface area contributed by atoms with Crippen molar-refractivity contribution in [3.63, 3.8) is 0 Å². The number of nitrogens with zero attached hydrogens (tertiary/aromatic N) is 1. The van der Waals surface area contributed by atoms with Gasteiger partial charge in [-0.25, -0.2) is 0 Å². The van der Waals surface area contributed by atoms with Crippen LogP contribution in [-0.4, -0.2) is 62.9 Å². The Hall–Kier alpha value is -1.20. The number of hydrogen-bond donors (Lipinski definition) is 1. The minimum Gasteiger partial charge on any atom is -0.400 e. The van der Waals surface area contributed by atoms with Gasteiger partial charge in [0.25, 0.3) is 0 Å². The van der Waals surface area contributed by atoms with Crippen molar-refractivity contribution >= 4 is 0 Å². The topological polar surface area (TPSA) is 38.7 Å². The van der Waals surface area contributed by atoms with Crippen LogP contribution in [0.5, 0.6) is 0 Å². The molecule has 0 spiro atoms. The molecule has 2 unspecified atom stereocenters. The minimum absolute atomic E-state index is 0.00621. The molecule has 0 aromatic carbocycles. The van der Waals surface area contributed by atoms with E-state index in [4.69, 9.17) is 14.6 Å². The van der Waals surface area contributed by atoms with E-state index in [2.05, 4.69) is 83.6 Å². The number of quaternary nitrogens is 1. The second kappa shape index (κ2) is 34.7. The summed E-state index contributed by atoms with van der Waals surface area (Å²) in [5, 5.41) is 7.00. The van der Waals surface area contributed by atoms with Gasteiger partial charge in [0.2, 0.25) is 0 Å². The van der Waals surface area contributed by atoms with Crippen LogP contribution in [0.1, 0.15) is 174 Å². The Kier molecular flexibility index (Phi) is 33.8. The lowest BCUT2D eigenvalue weighted by atomic mass is 9.99. The highest BCUT2D eigenvalue weighted by atomic mass is 16.7. The Bertz CT molecular complexity index is 697. The van der Waals surface area contributed by atoms with Gasteiger partial charge in [0.05, 0.1) is 39.9 Å². The van der Waals surface area contributed by atoms with Gasteiger partial charge in [-0.1, -0.05) is 140 Å². The molecule has 0 bridgehead atoms. The first-order chi connectivity index (χ1) is 23.0. The van der Waals surface area contributed by atoms with Crippen molar-refractivity contribution in [1.82, 2.24) is 0 Å². The van der Waals surface area contributed by atoms with Crippen LogP contribution < -0.4 is 0 Å². The van der Waals surface area contributed by atoms with Crippen molar-refractivity contribution in [2.45, 2.75) is 193 Å². The zero-order valence-corrected chi connectivity index (χ0v) is 32.4. The third kappa shape index (κ3) is 31.8. The van der Waals surface area contributed by atoms with E-state index in [0.717, 1.165) is 50.2 Å². The second-order valence-corrected chi connectivity index (χ2v) is 14.6. The van der Waals surface area contributed by atoms with Crippen LogP contribution in [0.4, 0.5) is 0 Å². The predicted octanol–water partition coefficient (Wildman–Crippen LogP) is 12.4. The third-order valence-electron chi connectivity index (χ3n) is 8.98. The zero-order valence-electron chi connectivity index (χ0n) is 32.4. The van der Waals surface area contributed by atoms with Crippen LogP contribution in [0.25, 0.3) is 0 Å². The molecule has 1 fully saturated rings. The van der Waals surface area contributed by atoms with Gasteiger partial charge in [0.15, 0.2) is 6.29 Å². The molecule has 47 heavy (non-hydrogen) atoms. The zero-order chi connectivity index (χ0) is 34.7. The first-order valence-corrected chi connectivity index (χ1v) is 20.1. The van der Waals surface area contributed by atoms with E-state index in [0.29, 0.717) is 12.2 Å². The van der Waals surface area contributed by atoms with Crippen molar-refractivity contribution in [1.29, 1.82) is 0 Å². The summed E-state index contributed by atoms with van der Waals surface area (Å²) >= 11 is 0. The van der Waals surface area contributed by atoms with Crippen LogP contribution >= 0.6 is 0 Å². The molecule has 0 saturated carbocycles. The molecular weight excluding hydrogens is 578 g/mol. The third-order valence-corrected chi connectivity index (χ3v) is 8.98. The fourth-order valence-corrected chi connectivity index (χ4v) is 6.05. The fourth-order valence-electron chi connectivity index (χ4n) is 6.05. The Labute approximate surface area is 294 Å². The summed E-state index contributed by atoms with van der Waals surface area (Å²) < 4.78 is 14.0. The van der Waals surface area contributed by atoms with Gasteiger partial charge in [-0.05, 0) is 77.0 Å². The first-order valence-electron chi connectivity index (χ1n) is 20.1. The maximum Gasteiger partial charge on any atom is 0.163 e. The van der Waals surface area contributed by atoms with E-state index >= 15 is 0 Å². The molecule has 2 atom stereocenters. The lowest BCUT2D eigenvalue weighted by Gasteiger charge is -2.25. The van der Waals surface area contributed by atoms with E-state index in [1.54, 1.807) is 0 Å². The molecule has 0 radical (unpaired) electrons. The van der Waals surface area contributed by atoms with Gasteiger partial charge in [-0.3, -0.25) is 0 Å². The van der Waals surface area contributed by atoms with Crippen LogP contribution in [0.15, 0.2) is 48.6 Å². The maximum absolute atomic E-state index is 7.00. The normalized spacial score (nSPS) is 18.7. The van der Waals surface area contributed by atoms with Crippen molar-refractivity contribution < 1.29 is 19.1 Å². The monoisotopic (exact) mass is 661 g/mol. The van der Waals surface area contributed by atoms with Crippen LogP contribution in [0.3, 0.4) is 0 Å². The van der Waals surface area contributed by atoms with Gasteiger partial charge < -0.3 is 19.1 Å². The molecule has 4 heteroatoms. The number of rotatable bonds is 31. The molecule has 0 aromatic heterocycles. The number of aliphatic hydroxyl groups is 1. The number of ether oxygens (including phenoxy) is 2. The Balaban J connectivity index is 0.0000104. The summed E-state index contributed by atoms with van der Waals surface area (Å²) in [5.74, 6) is 0. The molecule has 1 N–H and O–H groups in total. The summed E-state index contributed by atoms with van der Waals surface area (Å²) in [6, 6.07) is 0. The Morgan fingerprint density at radius 2 is 0.787 bits per heavy atom. The molecule has 1 rings (SSSR count). The van der Waals surface area contributed by atoms with Gasteiger partial charge in [0, 0.05) is 13.5 Å². The number of aliphatic hydroxyl groups excluding tert-OH is 1. The number of unbranched alkanes of at least 4 members (excludes halogenated alkanes) is 16. The second-order valence-electron chi connectivity index (χ2n) is 14.6. The maximum atomic E-state index is 7.00. The van der Waals surface area contributed by atoms with E-state index in [1.807, 2.05) is 0 Å². The molecule has 4 nitrogen and oxygen atoms in total. The van der Waals surface area contributed by atoms with Gasteiger partial charge in [-0.2, -0.15) is 0 Å². The molecule has 0 aromatic rings. The highest BCUT2D eigenvalue weighted by molar-refractivity contribution is 4.93. The van der Waals surface area contributed by atoms with Crippen molar-refractivity contribution in [3.8, 4) is 0 Å². The fraction of sp³-hybridized carbons (Fsp3) is 0.814. The molecule has 1 heterocycles. The molecule has 1 aliphatic rings. The highest BCUT2D eigenvalue weighted by Crippen LogP contribution is 2.29. The van der Waals surface area contributed by atoms with Gasteiger partial charge in [-0.15, -0.1) is 0 Å². The van der Waals surface area contributed by atoms with Gasteiger partial charge in [0.1, 0.15) is 0 Å². The van der Waals surface area contributed by atoms with E-state index in [9.17, 15) is 0 Å². The largest absolute Gasteiger partial charge is 0.400 e. The van der Waals surface area contributed by atoms with Crippen LogP contribution in [0, 0.1) is 0 Å². The molecule has 0 aliphatic carbocycles. The summed E-state index contributed by atoms with van der Waals surface area (Å²) in [5.41, 5.74) is 0. The molecule has 1 aliphatic heterocycles. The van der Waals surface area contributed by atoms with Crippen molar-refractivity contribution in [2.24, 2.45) is 0 Å². The van der Waals surface area contributed by atoms with Crippen molar-refractivity contribution in [3.05, 3.63) is 48.6 Å². The Morgan fingerprint density at radius 3 is 1.15 bits per heavy atom. The average Bonchev–Trinajstić information content (AvgIpc) is 3.46. The van der Waals surface area contributed by atoms with E-state index < -0.39 is 0 Å². The quantitative estimate of drug-likeness (QED) is 0.0457. The summed E-state index contributed by atoms with van der Waals surface area (Å²) in [4.78, 5) is 0. The minimum atomic E-state index is -0.00621. The number of allylic oxidation sites excluding steroid dienone is 8. The highest BCUT2D eigenvalue weighted by Gasteiger charge is 2.35. The predicted molar refractivity (Wildman–Crippen MR) is 208 cm³/mol. The molecule has 276 valence electrons. The lowest BCUT2D eigenvalue weighted by molar-refractivity contribution is -0.871. The lowest BCUT2D eigenvalue weighted by Crippen LogP contribution is -2.37.